The first-order valence-electron chi connectivity index (χ1n) is 9.75. The third kappa shape index (κ3) is 1.99. The van der Waals surface area contributed by atoms with Gasteiger partial charge in [-0.15, -0.1) is 0 Å². The smallest absolute Gasteiger partial charge is 0.0743 e. The number of fused-ring (bicyclic) bond motifs is 3. The van der Waals surface area contributed by atoms with E-state index in [9.17, 15) is 0 Å². The molecule has 2 aliphatic carbocycles. The average Bonchev–Trinajstić information content (AvgIpc) is 2.81. The summed E-state index contributed by atoms with van der Waals surface area (Å²) in [7, 11) is 2.26. The molecule has 2 nitrogen and oxygen atoms in total. The number of benzene rings is 1. The van der Waals surface area contributed by atoms with E-state index in [0.717, 1.165) is 18.4 Å². The number of aromatic nitrogens is 1. The van der Waals surface area contributed by atoms with E-state index in [2.05, 4.69) is 75.7 Å². The highest BCUT2D eigenvalue weighted by Gasteiger charge is 2.55. The minimum absolute atomic E-state index is 0.0223. The van der Waals surface area contributed by atoms with Crippen LogP contribution in [0.2, 0.25) is 0 Å². The molecule has 0 saturated carbocycles. The highest BCUT2D eigenvalue weighted by atomic mass is 15.2. The molecule has 0 saturated heterocycles. The number of allylic oxidation sites excluding steroid dienone is 3. The van der Waals surface area contributed by atoms with Gasteiger partial charge in [-0.1, -0.05) is 56.9 Å². The maximum Gasteiger partial charge on any atom is 0.0743 e. The normalized spacial score (nSPS) is 25.5. The van der Waals surface area contributed by atoms with Crippen LogP contribution in [-0.4, -0.2) is 22.5 Å². The van der Waals surface area contributed by atoms with Crippen LogP contribution in [0.15, 0.2) is 66.0 Å². The van der Waals surface area contributed by atoms with Crippen molar-refractivity contribution in [2.24, 2.45) is 5.41 Å². The highest BCUT2D eigenvalue weighted by molar-refractivity contribution is 5.89. The van der Waals surface area contributed by atoms with Crippen LogP contribution in [0, 0.1) is 12.3 Å². The van der Waals surface area contributed by atoms with Gasteiger partial charge in [0.05, 0.1) is 11.1 Å². The lowest BCUT2D eigenvalue weighted by atomic mass is 9.64. The number of pyridine rings is 1. The van der Waals surface area contributed by atoms with Gasteiger partial charge in [0, 0.05) is 42.6 Å². The molecule has 2 heteroatoms. The Morgan fingerprint density at radius 1 is 1.19 bits per heavy atom. The number of likely N-dealkylation sites (N-methyl/N-ethyl adjacent to an activating group) is 1. The van der Waals surface area contributed by atoms with Gasteiger partial charge in [-0.2, -0.15) is 0 Å². The lowest BCUT2D eigenvalue weighted by Gasteiger charge is -2.48. The topological polar surface area (TPSA) is 16.1 Å². The number of hydrogen-bond acceptors (Lipinski definition) is 2. The predicted octanol–water partition coefficient (Wildman–Crippen LogP) is 5.59. The SMILES string of the molecule is C=C1C=CC2=C(C1)N(C)C1(C=Cc3cc(C)c4cccnc4c3C1)C2(C)C. The zero-order valence-electron chi connectivity index (χ0n) is 16.6. The minimum atomic E-state index is -0.0701. The van der Waals surface area contributed by atoms with Crippen LogP contribution < -0.4 is 0 Å². The summed E-state index contributed by atoms with van der Waals surface area (Å²) >= 11 is 0. The van der Waals surface area contributed by atoms with Crippen LogP contribution in [0.5, 0.6) is 0 Å². The number of rotatable bonds is 0. The van der Waals surface area contributed by atoms with Crippen LogP contribution in [-0.2, 0) is 6.42 Å². The Kier molecular flexibility index (Phi) is 3.20. The predicted molar refractivity (Wildman–Crippen MR) is 113 cm³/mol. The molecule has 1 atom stereocenters. The van der Waals surface area contributed by atoms with E-state index < -0.39 is 0 Å². The summed E-state index contributed by atoms with van der Waals surface area (Å²) in [5.41, 5.74) is 9.17. The lowest BCUT2D eigenvalue weighted by molar-refractivity contribution is 0.132. The van der Waals surface area contributed by atoms with E-state index in [0.29, 0.717) is 0 Å². The van der Waals surface area contributed by atoms with Crippen LogP contribution in [0.3, 0.4) is 0 Å². The van der Waals surface area contributed by atoms with Gasteiger partial charge in [-0.05, 0) is 40.8 Å². The monoisotopic (exact) mass is 354 g/mol. The second-order valence-corrected chi connectivity index (χ2v) is 8.81. The van der Waals surface area contributed by atoms with E-state index in [1.165, 1.54) is 38.9 Å². The first-order valence-corrected chi connectivity index (χ1v) is 9.75. The highest BCUT2D eigenvalue weighted by Crippen LogP contribution is 2.57. The van der Waals surface area contributed by atoms with Crippen molar-refractivity contribution >= 4 is 17.0 Å². The van der Waals surface area contributed by atoms with Gasteiger partial charge < -0.3 is 4.90 Å². The molecular formula is C25H26N2. The minimum Gasteiger partial charge on any atom is -0.367 e. The first-order chi connectivity index (χ1) is 12.8. The maximum atomic E-state index is 4.79. The second kappa shape index (κ2) is 5.22. The molecular weight excluding hydrogens is 328 g/mol. The fraction of sp³-hybridized carbons (Fsp3) is 0.320. The van der Waals surface area contributed by atoms with Crippen molar-refractivity contribution in [1.29, 1.82) is 0 Å². The molecule has 3 aliphatic rings. The summed E-state index contributed by atoms with van der Waals surface area (Å²) in [6.07, 6.45) is 13.1. The molecule has 0 radical (unpaired) electrons. The third-order valence-corrected chi connectivity index (χ3v) is 7.17. The molecule has 2 aromatic rings. The maximum absolute atomic E-state index is 4.79. The van der Waals surface area contributed by atoms with E-state index in [-0.39, 0.29) is 11.0 Å². The fourth-order valence-corrected chi connectivity index (χ4v) is 5.48. The Labute approximate surface area is 161 Å². The van der Waals surface area contributed by atoms with Crippen LogP contribution in [0.25, 0.3) is 17.0 Å². The van der Waals surface area contributed by atoms with Crippen LogP contribution >= 0.6 is 0 Å². The molecule has 1 unspecified atom stereocenters. The summed E-state index contributed by atoms with van der Waals surface area (Å²) in [6, 6.07) is 6.56. The number of hydrogen-bond donors (Lipinski definition) is 0. The first kappa shape index (κ1) is 16.6. The number of aryl methyl sites for hydroxylation is 1. The average molecular weight is 354 g/mol. The molecule has 1 spiro atoms. The van der Waals surface area contributed by atoms with Gasteiger partial charge in [0.2, 0.25) is 0 Å². The largest absolute Gasteiger partial charge is 0.367 e. The standard InChI is InChI=1S/C25H26N2/c1-16-8-9-21-22(13-16)27(5)25(24(21,3)4)11-10-18-14-17(2)19-7-6-12-26-23(19)20(18)15-25/h6-12,14H,1,13,15H2,2-5H3. The van der Waals surface area contributed by atoms with Crippen molar-refractivity contribution < 1.29 is 0 Å². The summed E-state index contributed by atoms with van der Waals surface area (Å²) in [6.45, 7) is 11.2. The van der Waals surface area contributed by atoms with E-state index in [4.69, 9.17) is 4.98 Å². The van der Waals surface area contributed by atoms with Gasteiger partial charge in [0.15, 0.2) is 0 Å². The van der Waals surface area contributed by atoms with Gasteiger partial charge in [0.25, 0.3) is 0 Å². The Bertz CT molecular complexity index is 1100. The van der Waals surface area contributed by atoms with E-state index in [1.807, 2.05) is 12.3 Å². The summed E-state index contributed by atoms with van der Waals surface area (Å²) < 4.78 is 0. The van der Waals surface area contributed by atoms with Crippen LogP contribution in [0.4, 0.5) is 0 Å². The zero-order valence-corrected chi connectivity index (χ0v) is 16.6. The summed E-state index contributed by atoms with van der Waals surface area (Å²) in [5.74, 6) is 0. The van der Waals surface area contributed by atoms with Gasteiger partial charge >= 0.3 is 0 Å². The molecule has 1 aromatic heterocycles. The summed E-state index contributed by atoms with van der Waals surface area (Å²) in [5, 5.41) is 1.27. The van der Waals surface area contributed by atoms with Crippen molar-refractivity contribution in [3.63, 3.8) is 0 Å². The fourth-order valence-electron chi connectivity index (χ4n) is 5.48. The van der Waals surface area contributed by atoms with Crippen LogP contribution in [0.1, 0.15) is 37.0 Å². The molecule has 1 aromatic carbocycles. The quantitative estimate of drug-likeness (QED) is 0.613. The van der Waals surface area contributed by atoms with Gasteiger partial charge in [-0.3, -0.25) is 4.98 Å². The Morgan fingerprint density at radius 2 is 2.00 bits per heavy atom. The zero-order chi connectivity index (χ0) is 19.0. The molecule has 0 N–H and O–H groups in total. The van der Waals surface area contributed by atoms with Crippen molar-refractivity contribution in [2.75, 3.05) is 7.05 Å². The molecule has 0 fully saturated rings. The second-order valence-electron chi connectivity index (χ2n) is 8.81. The van der Waals surface area contributed by atoms with Crippen molar-refractivity contribution in [3.8, 4) is 0 Å². The lowest BCUT2D eigenvalue weighted by Crippen LogP contribution is -2.52. The Hall–Kier alpha value is -2.61. The van der Waals surface area contributed by atoms with Gasteiger partial charge in [0.1, 0.15) is 0 Å². The van der Waals surface area contributed by atoms with E-state index >= 15 is 0 Å². The number of nitrogens with zero attached hydrogens (tertiary/aromatic N) is 2. The van der Waals surface area contributed by atoms with Crippen molar-refractivity contribution in [3.05, 3.63) is 82.7 Å². The van der Waals surface area contributed by atoms with Crippen molar-refractivity contribution in [1.82, 2.24) is 9.88 Å². The molecule has 136 valence electrons. The third-order valence-electron chi connectivity index (χ3n) is 7.17. The Balaban J connectivity index is 1.71. The Morgan fingerprint density at radius 3 is 2.81 bits per heavy atom. The van der Waals surface area contributed by atoms with Gasteiger partial charge in [-0.25, -0.2) is 0 Å². The molecule has 0 bridgehead atoms. The van der Waals surface area contributed by atoms with E-state index in [1.54, 1.807) is 0 Å². The molecule has 27 heavy (non-hydrogen) atoms. The van der Waals surface area contributed by atoms with Crippen molar-refractivity contribution in [2.45, 2.75) is 39.2 Å². The molecule has 2 heterocycles. The molecule has 5 rings (SSSR count). The molecule has 1 aliphatic heterocycles. The summed E-state index contributed by atoms with van der Waals surface area (Å²) in [4.78, 5) is 7.31. The molecule has 0 amide bonds.